The van der Waals surface area contributed by atoms with Gasteiger partial charge < -0.3 is 9.73 Å². The van der Waals surface area contributed by atoms with E-state index in [0.29, 0.717) is 34.6 Å². The van der Waals surface area contributed by atoms with E-state index in [2.05, 4.69) is 15.5 Å². The second kappa shape index (κ2) is 8.07. The van der Waals surface area contributed by atoms with Gasteiger partial charge in [-0.2, -0.15) is 0 Å². The summed E-state index contributed by atoms with van der Waals surface area (Å²) in [5.41, 5.74) is 1.30. The van der Waals surface area contributed by atoms with Crippen molar-refractivity contribution in [2.45, 2.75) is 6.54 Å². The highest BCUT2D eigenvalue weighted by molar-refractivity contribution is 6.30. The molecule has 134 valence electrons. The molecule has 0 aliphatic heterocycles. The molecular formula is C18H16ClFN4O2. The van der Waals surface area contributed by atoms with Gasteiger partial charge in [-0.1, -0.05) is 11.6 Å². The van der Waals surface area contributed by atoms with Gasteiger partial charge in [-0.05, 0) is 55.6 Å². The number of hydrogen-bond donors (Lipinski definition) is 1. The summed E-state index contributed by atoms with van der Waals surface area (Å²) in [5, 5.41) is 11.3. The van der Waals surface area contributed by atoms with Gasteiger partial charge in [0.05, 0.1) is 13.1 Å². The molecule has 0 unspecified atom stereocenters. The third-order valence-corrected chi connectivity index (χ3v) is 3.76. The molecule has 0 fully saturated rings. The van der Waals surface area contributed by atoms with Crippen molar-refractivity contribution in [3.05, 3.63) is 65.3 Å². The van der Waals surface area contributed by atoms with E-state index in [4.69, 9.17) is 16.0 Å². The summed E-state index contributed by atoms with van der Waals surface area (Å²) in [6, 6.07) is 12.7. The minimum Gasteiger partial charge on any atom is -0.419 e. The SMILES string of the molecule is CN(CC(=O)Nc1ccc(Cl)cc1)Cc1nnc(-c2ccc(F)cc2)o1. The zero-order valence-corrected chi connectivity index (χ0v) is 14.7. The van der Waals surface area contributed by atoms with Gasteiger partial charge in [0.15, 0.2) is 0 Å². The summed E-state index contributed by atoms with van der Waals surface area (Å²) in [4.78, 5) is 13.8. The van der Waals surface area contributed by atoms with E-state index in [1.807, 2.05) is 0 Å². The van der Waals surface area contributed by atoms with Crippen molar-refractivity contribution in [2.24, 2.45) is 0 Å². The van der Waals surface area contributed by atoms with Crippen LogP contribution in [0.4, 0.5) is 10.1 Å². The molecule has 1 amide bonds. The van der Waals surface area contributed by atoms with Crippen molar-refractivity contribution in [2.75, 3.05) is 18.9 Å². The lowest BCUT2D eigenvalue weighted by Crippen LogP contribution is -2.29. The van der Waals surface area contributed by atoms with E-state index >= 15 is 0 Å². The van der Waals surface area contributed by atoms with Crippen molar-refractivity contribution in [1.29, 1.82) is 0 Å². The Bertz CT molecular complexity index is 881. The molecule has 0 aliphatic rings. The number of aromatic nitrogens is 2. The summed E-state index contributed by atoms with van der Waals surface area (Å²) >= 11 is 5.81. The summed E-state index contributed by atoms with van der Waals surface area (Å²) in [7, 11) is 1.77. The second-order valence-corrected chi connectivity index (χ2v) is 6.17. The van der Waals surface area contributed by atoms with Crippen LogP contribution in [0.5, 0.6) is 0 Å². The van der Waals surface area contributed by atoms with Crippen molar-refractivity contribution >= 4 is 23.2 Å². The molecule has 26 heavy (non-hydrogen) atoms. The van der Waals surface area contributed by atoms with Gasteiger partial charge in [0, 0.05) is 16.3 Å². The molecule has 8 heteroatoms. The molecule has 0 radical (unpaired) electrons. The minimum atomic E-state index is -0.333. The maximum Gasteiger partial charge on any atom is 0.247 e. The molecule has 0 bridgehead atoms. The standard InChI is InChI=1S/C18H16ClFN4O2/c1-24(10-16(25)21-15-8-4-13(19)5-9-15)11-17-22-23-18(26-17)12-2-6-14(20)7-3-12/h2-9H,10-11H2,1H3,(H,21,25). The Morgan fingerprint density at radius 1 is 1.15 bits per heavy atom. The Hall–Kier alpha value is -2.77. The Kier molecular flexibility index (Phi) is 5.60. The molecule has 0 saturated heterocycles. The zero-order chi connectivity index (χ0) is 18.5. The van der Waals surface area contributed by atoms with E-state index < -0.39 is 0 Å². The number of nitrogens with one attached hydrogen (secondary N) is 1. The van der Waals surface area contributed by atoms with E-state index in [1.54, 1.807) is 48.3 Å². The average Bonchev–Trinajstić information content (AvgIpc) is 3.05. The van der Waals surface area contributed by atoms with Crippen LogP contribution in [0.25, 0.3) is 11.5 Å². The van der Waals surface area contributed by atoms with E-state index in [0.717, 1.165) is 0 Å². The van der Waals surface area contributed by atoms with Crippen LogP contribution in [0.2, 0.25) is 5.02 Å². The smallest absolute Gasteiger partial charge is 0.247 e. The fourth-order valence-electron chi connectivity index (χ4n) is 2.29. The molecular weight excluding hydrogens is 359 g/mol. The first-order valence-corrected chi connectivity index (χ1v) is 8.20. The number of halogens is 2. The maximum atomic E-state index is 13.0. The van der Waals surface area contributed by atoms with Crippen LogP contribution in [0.3, 0.4) is 0 Å². The maximum absolute atomic E-state index is 13.0. The Balaban J connectivity index is 1.54. The minimum absolute atomic E-state index is 0.150. The van der Waals surface area contributed by atoms with Crippen LogP contribution >= 0.6 is 11.6 Å². The molecule has 1 aromatic heterocycles. The molecule has 0 aliphatic carbocycles. The topological polar surface area (TPSA) is 71.3 Å². The Morgan fingerprint density at radius 2 is 1.85 bits per heavy atom. The molecule has 0 spiro atoms. The van der Waals surface area contributed by atoms with E-state index in [-0.39, 0.29) is 18.3 Å². The monoisotopic (exact) mass is 374 g/mol. The number of likely N-dealkylation sites (N-methyl/N-ethyl adjacent to an activating group) is 1. The normalized spacial score (nSPS) is 10.9. The first-order chi connectivity index (χ1) is 12.5. The number of anilines is 1. The number of amides is 1. The summed E-state index contributed by atoms with van der Waals surface area (Å²) < 4.78 is 18.5. The quantitative estimate of drug-likeness (QED) is 0.713. The van der Waals surface area contributed by atoms with Crippen molar-refractivity contribution in [1.82, 2.24) is 15.1 Å². The lowest BCUT2D eigenvalue weighted by Gasteiger charge is -2.14. The molecule has 0 atom stereocenters. The van der Waals surface area contributed by atoms with Crippen LogP contribution in [0.15, 0.2) is 52.9 Å². The van der Waals surface area contributed by atoms with Gasteiger partial charge in [0.2, 0.25) is 17.7 Å². The summed E-state index contributed by atoms with van der Waals surface area (Å²) in [5.74, 6) is 0.165. The molecule has 6 nitrogen and oxygen atoms in total. The lowest BCUT2D eigenvalue weighted by molar-refractivity contribution is -0.117. The van der Waals surface area contributed by atoms with Gasteiger partial charge in [-0.15, -0.1) is 10.2 Å². The predicted molar refractivity (Wildman–Crippen MR) is 96.1 cm³/mol. The molecule has 2 aromatic carbocycles. The van der Waals surface area contributed by atoms with Gasteiger partial charge in [0.1, 0.15) is 5.82 Å². The van der Waals surface area contributed by atoms with Crippen molar-refractivity contribution in [3.63, 3.8) is 0 Å². The van der Waals surface area contributed by atoms with Gasteiger partial charge in [-0.3, -0.25) is 9.69 Å². The first-order valence-electron chi connectivity index (χ1n) is 7.82. The molecule has 3 rings (SSSR count). The summed E-state index contributed by atoms with van der Waals surface area (Å²) in [6.45, 7) is 0.457. The largest absolute Gasteiger partial charge is 0.419 e. The van der Waals surface area contributed by atoms with Crippen molar-refractivity contribution in [3.8, 4) is 11.5 Å². The number of benzene rings is 2. The Morgan fingerprint density at radius 3 is 2.54 bits per heavy atom. The van der Waals surface area contributed by atoms with E-state index in [1.165, 1.54) is 12.1 Å². The zero-order valence-electron chi connectivity index (χ0n) is 13.9. The number of carbonyl (C=O) groups excluding carboxylic acids is 1. The lowest BCUT2D eigenvalue weighted by atomic mass is 10.2. The number of hydrogen-bond acceptors (Lipinski definition) is 5. The fourth-order valence-corrected chi connectivity index (χ4v) is 2.42. The van der Waals surface area contributed by atoms with Crippen LogP contribution in [0, 0.1) is 5.82 Å². The van der Waals surface area contributed by atoms with Gasteiger partial charge in [-0.25, -0.2) is 4.39 Å². The van der Waals surface area contributed by atoms with Crippen LogP contribution in [-0.4, -0.2) is 34.6 Å². The predicted octanol–water partition coefficient (Wildman–Crippen LogP) is 3.60. The van der Waals surface area contributed by atoms with Gasteiger partial charge >= 0.3 is 0 Å². The van der Waals surface area contributed by atoms with Crippen LogP contribution in [-0.2, 0) is 11.3 Å². The van der Waals surface area contributed by atoms with Crippen molar-refractivity contribution < 1.29 is 13.6 Å². The number of rotatable bonds is 6. The highest BCUT2D eigenvalue weighted by Crippen LogP contribution is 2.18. The third kappa shape index (κ3) is 4.87. The molecule has 3 aromatic rings. The van der Waals surface area contributed by atoms with Gasteiger partial charge in [0.25, 0.3) is 0 Å². The fraction of sp³-hybridized carbons (Fsp3) is 0.167. The molecule has 1 heterocycles. The highest BCUT2D eigenvalue weighted by atomic mass is 35.5. The molecule has 0 saturated carbocycles. The first kappa shape index (κ1) is 18.0. The van der Waals surface area contributed by atoms with Crippen LogP contribution in [0.1, 0.15) is 5.89 Å². The third-order valence-electron chi connectivity index (χ3n) is 3.50. The van der Waals surface area contributed by atoms with Crippen LogP contribution < -0.4 is 5.32 Å². The Labute approximate surface area is 154 Å². The second-order valence-electron chi connectivity index (χ2n) is 5.74. The molecule has 1 N–H and O–H groups in total. The number of nitrogens with zero attached hydrogens (tertiary/aromatic N) is 3. The van der Waals surface area contributed by atoms with E-state index in [9.17, 15) is 9.18 Å². The average molecular weight is 375 g/mol. The summed E-state index contributed by atoms with van der Waals surface area (Å²) in [6.07, 6.45) is 0. The highest BCUT2D eigenvalue weighted by Gasteiger charge is 2.13. The number of carbonyl (C=O) groups is 1.